The van der Waals surface area contributed by atoms with Gasteiger partial charge in [0.1, 0.15) is 5.75 Å². The van der Waals surface area contributed by atoms with Gasteiger partial charge in [0.2, 0.25) is 0 Å². The van der Waals surface area contributed by atoms with Crippen molar-refractivity contribution in [1.82, 2.24) is 0 Å². The summed E-state index contributed by atoms with van der Waals surface area (Å²) in [7, 11) is 0. The van der Waals surface area contributed by atoms with Crippen LogP contribution in [-0.4, -0.2) is 16.2 Å². The molecule has 1 saturated carbocycles. The molecule has 1 aliphatic carbocycles. The van der Waals surface area contributed by atoms with E-state index in [4.69, 9.17) is 0 Å². The Labute approximate surface area is 102 Å². The van der Waals surface area contributed by atoms with Crippen molar-refractivity contribution in [2.24, 2.45) is 0 Å². The number of hydrogen-bond acceptors (Lipinski definition) is 2. The molecule has 1 fully saturated rings. The number of carbonyl (C=O) groups is 1. The fraction of sp³-hybridized carbons (Fsp3) is 0.417. The minimum absolute atomic E-state index is 0.167. The van der Waals surface area contributed by atoms with Crippen molar-refractivity contribution in [2.75, 3.05) is 0 Å². The summed E-state index contributed by atoms with van der Waals surface area (Å²) in [6, 6.07) is 1.62. The lowest BCUT2D eigenvalue weighted by atomic mass is 9.88. The molecule has 0 aliphatic heterocycles. The third-order valence-corrected chi connectivity index (χ3v) is 4.32. The van der Waals surface area contributed by atoms with Crippen molar-refractivity contribution in [2.45, 2.75) is 32.1 Å². The maximum absolute atomic E-state index is 11.3. The molecule has 16 heavy (non-hydrogen) atoms. The van der Waals surface area contributed by atoms with Gasteiger partial charge in [0, 0.05) is 0 Å². The molecule has 0 saturated heterocycles. The number of carboxylic acid groups (broad SMARTS) is 1. The van der Waals surface area contributed by atoms with E-state index in [2.05, 4.69) is 15.9 Å². The summed E-state index contributed by atoms with van der Waals surface area (Å²) in [4.78, 5) is 11.3. The number of phenolic OH excluding ortho intramolecular Hbond substituents is 1. The van der Waals surface area contributed by atoms with Gasteiger partial charge in [0.05, 0.1) is 9.89 Å². The number of aryl methyl sites for hydroxylation is 1. The quantitative estimate of drug-likeness (QED) is 0.878. The van der Waals surface area contributed by atoms with E-state index in [0.717, 1.165) is 16.7 Å². The van der Waals surface area contributed by atoms with Gasteiger partial charge in [-0.15, -0.1) is 0 Å². The zero-order valence-electron chi connectivity index (χ0n) is 9.17. The van der Waals surface area contributed by atoms with Crippen LogP contribution in [0.2, 0.25) is 0 Å². The summed E-state index contributed by atoms with van der Waals surface area (Å²) in [6.07, 6.45) is 1.36. The Morgan fingerprint density at radius 3 is 2.44 bits per heavy atom. The SMILES string of the molecule is Cc1cc(O)c(Br)c(C)c1C1(C(=O)O)CC1. The molecule has 0 aromatic heterocycles. The Hall–Kier alpha value is -1.03. The van der Waals surface area contributed by atoms with Crippen LogP contribution in [0, 0.1) is 13.8 Å². The summed E-state index contributed by atoms with van der Waals surface area (Å²) >= 11 is 3.29. The molecule has 2 N–H and O–H groups in total. The predicted octanol–water partition coefficient (Wildman–Crippen LogP) is 2.89. The Bertz CT molecular complexity index is 476. The highest BCUT2D eigenvalue weighted by molar-refractivity contribution is 9.10. The third-order valence-electron chi connectivity index (χ3n) is 3.31. The highest BCUT2D eigenvalue weighted by Gasteiger charge is 2.53. The van der Waals surface area contributed by atoms with E-state index in [0.29, 0.717) is 17.3 Å². The number of aliphatic carboxylic acids is 1. The smallest absolute Gasteiger partial charge is 0.314 e. The van der Waals surface area contributed by atoms with Crippen LogP contribution in [0.1, 0.15) is 29.5 Å². The van der Waals surface area contributed by atoms with Crippen LogP contribution in [0.5, 0.6) is 5.75 Å². The first kappa shape index (κ1) is 11.5. The second-order valence-corrected chi connectivity index (χ2v) is 5.21. The summed E-state index contributed by atoms with van der Waals surface area (Å²) < 4.78 is 0.598. The maximum atomic E-state index is 11.3. The number of halogens is 1. The summed E-state index contributed by atoms with van der Waals surface area (Å²) in [5, 5.41) is 18.9. The topological polar surface area (TPSA) is 57.5 Å². The highest BCUT2D eigenvalue weighted by Crippen LogP contribution is 2.52. The van der Waals surface area contributed by atoms with E-state index in [1.807, 2.05) is 13.8 Å². The molecule has 0 heterocycles. The maximum Gasteiger partial charge on any atom is 0.314 e. The number of carboxylic acids is 1. The third kappa shape index (κ3) is 1.44. The Kier molecular flexibility index (Phi) is 2.49. The molecule has 0 bridgehead atoms. The number of aromatic hydroxyl groups is 1. The molecule has 86 valence electrons. The zero-order valence-corrected chi connectivity index (χ0v) is 10.8. The highest BCUT2D eigenvalue weighted by atomic mass is 79.9. The second kappa shape index (κ2) is 3.48. The Morgan fingerprint density at radius 1 is 1.44 bits per heavy atom. The first-order valence-electron chi connectivity index (χ1n) is 5.12. The molecule has 1 aliphatic rings. The van der Waals surface area contributed by atoms with E-state index in [-0.39, 0.29) is 5.75 Å². The van der Waals surface area contributed by atoms with Crippen molar-refractivity contribution in [3.63, 3.8) is 0 Å². The molecule has 3 nitrogen and oxygen atoms in total. The van der Waals surface area contributed by atoms with Crippen LogP contribution in [0.3, 0.4) is 0 Å². The lowest BCUT2D eigenvalue weighted by molar-refractivity contribution is -0.140. The van der Waals surface area contributed by atoms with E-state index < -0.39 is 11.4 Å². The van der Waals surface area contributed by atoms with Crippen molar-refractivity contribution in [3.05, 3.63) is 27.2 Å². The molecule has 1 aromatic rings. The average molecular weight is 285 g/mol. The van der Waals surface area contributed by atoms with Gasteiger partial charge in [0.15, 0.2) is 0 Å². The number of phenols is 1. The van der Waals surface area contributed by atoms with Crippen LogP contribution in [0.25, 0.3) is 0 Å². The summed E-state index contributed by atoms with van der Waals surface area (Å²) in [6.45, 7) is 3.69. The van der Waals surface area contributed by atoms with Crippen LogP contribution < -0.4 is 0 Å². The van der Waals surface area contributed by atoms with Gasteiger partial charge in [-0.2, -0.15) is 0 Å². The molecule has 0 unspecified atom stereocenters. The minimum atomic E-state index is -0.767. The molecule has 0 amide bonds. The van der Waals surface area contributed by atoms with Gasteiger partial charge in [0.25, 0.3) is 0 Å². The van der Waals surface area contributed by atoms with E-state index in [9.17, 15) is 15.0 Å². The Balaban J connectivity index is 2.67. The second-order valence-electron chi connectivity index (χ2n) is 4.41. The normalized spacial score (nSPS) is 17.2. The molecule has 0 spiro atoms. The average Bonchev–Trinajstić information content (AvgIpc) is 2.96. The van der Waals surface area contributed by atoms with E-state index in [1.165, 1.54) is 0 Å². The molecular formula is C12H13BrO3. The number of benzene rings is 1. The fourth-order valence-electron chi connectivity index (χ4n) is 2.37. The van der Waals surface area contributed by atoms with Crippen molar-refractivity contribution in [1.29, 1.82) is 0 Å². The molecule has 0 atom stereocenters. The standard InChI is InChI=1S/C12H13BrO3/c1-6-5-8(14)10(13)7(2)9(6)12(3-4-12)11(15)16/h5,14H,3-4H2,1-2H3,(H,15,16). The molecule has 4 heteroatoms. The monoisotopic (exact) mass is 284 g/mol. The van der Waals surface area contributed by atoms with E-state index in [1.54, 1.807) is 6.07 Å². The molecule has 1 aromatic carbocycles. The molecule has 2 rings (SSSR count). The van der Waals surface area contributed by atoms with Gasteiger partial charge in [-0.3, -0.25) is 4.79 Å². The summed E-state index contributed by atoms with van der Waals surface area (Å²) in [5.41, 5.74) is 1.81. The lowest BCUT2D eigenvalue weighted by Gasteiger charge is -2.18. The fourth-order valence-corrected chi connectivity index (χ4v) is 2.68. The van der Waals surface area contributed by atoms with Gasteiger partial charge in [-0.25, -0.2) is 0 Å². The van der Waals surface area contributed by atoms with Crippen LogP contribution >= 0.6 is 15.9 Å². The lowest BCUT2D eigenvalue weighted by Crippen LogP contribution is -2.22. The first-order valence-corrected chi connectivity index (χ1v) is 5.92. The molecular weight excluding hydrogens is 272 g/mol. The first-order chi connectivity index (χ1) is 7.40. The van der Waals surface area contributed by atoms with Crippen molar-refractivity contribution in [3.8, 4) is 5.75 Å². The zero-order chi connectivity index (χ0) is 12.1. The van der Waals surface area contributed by atoms with Crippen LogP contribution in [-0.2, 0) is 10.2 Å². The van der Waals surface area contributed by atoms with Gasteiger partial charge in [-0.05, 0) is 65.4 Å². The van der Waals surface area contributed by atoms with Gasteiger partial charge >= 0.3 is 5.97 Å². The van der Waals surface area contributed by atoms with Crippen molar-refractivity contribution >= 4 is 21.9 Å². The minimum Gasteiger partial charge on any atom is -0.507 e. The van der Waals surface area contributed by atoms with Gasteiger partial charge < -0.3 is 10.2 Å². The van der Waals surface area contributed by atoms with E-state index >= 15 is 0 Å². The predicted molar refractivity (Wildman–Crippen MR) is 63.8 cm³/mol. The van der Waals surface area contributed by atoms with Crippen LogP contribution in [0.4, 0.5) is 0 Å². The Morgan fingerprint density at radius 2 is 2.00 bits per heavy atom. The largest absolute Gasteiger partial charge is 0.507 e. The van der Waals surface area contributed by atoms with Gasteiger partial charge in [-0.1, -0.05) is 0 Å². The summed E-state index contributed by atoms with van der Waals surface area (Å²) in [5.74, 6) is -0.601. The van der Waals surface area contributed by atoms with Crippen molar-refractivity contribution < 1.29 is 15.0 Å². The number of rotatable bonds is 2. The number of hydrogen-bond donors (Lipinski definition) is 2. The molecule has 0 radical (unpaired) electrons. The van der Waals surface area contributed by atoms with Crippen LogP contribution in [0.15, 0.2) is 10.5 Å².